The van der Waals surface area contributed by atoms with Gasteiger partial charge in [0.25, 0.3) is 0 Å². The highest BCUT2D eigenvalue weighted by molar-refractivity contribution is 6.06. The van der Waals surface area contributed by atoms with Crippen LogP contribution in [-0.4, -0.2) is 50.7 Å². The lowest BCUT2D eigenvalue weighted by atomic mass is 9.97. The van der Waals surface area contributed by atoms with Gasteiger partial charge in [-0.3, -0.25) is 4.98 Å². The number of pyridine rings is 2. The summed E-state index contributed by atoms with van der Waals surface area (Å²) >= 11 is 0. The number of nitrogens with one attached hydrogen (secondary N) is 2. The minimum absolute atomic E-state index is 0.0566. The first-order valence-corrected chi connectivity index (χ1v) is 11.3. The second-order valence-corrected chi connectivity index (χ2v) is 9.55. The monoisotopic (exact) mass is 454 g/mol. The molecule has 1 atom stereocenters. The summed E-state index contributed by atoms with van der Waals surface area (Å²) in [7, 11) is 0. The van der Waals surface area contributed by atoms with Crippen LogP contribution in [0.2, 0.25) is 0 Å². The molecule has 2 N–H and O–H groups in total. The first-order chi connectivity index (χ1) is 16.3. The number of carbonyl (C=O) groups is 1. The molecule has 1 saturated heterocycles. The lowest BCUT2D eigenvalue weighted by molar-refractivity contribution is 0.0293. The van der Waals surface area contributed by atoms with Crippen molar-refractivity contribution in [3.8, 4) is 17.2 Å². The largest absolute Gasteiger partial charge is 0.444 e. The van der Waals surface area contributed by atoms with Gasteiger partial charge < -0.3 is 19.9 Å². The van der Waals surface area contributed by atoms with Crippen LogP contribution in [0.25, 0.3) is 32.9 Å². The molecule has 8 nitrogen and oxygen atoms in total. The highest BCUT2D eigenvalue weighted by Gasteiger charge is 2.30. The van der Waals surface area contributed by atoms with Crippen LogP contribution in [0.5, 0.6) is 0 Å². The Kier molecular flexibility index (Phi) is 5.33. The molecule has 34 heavy (non-hydrogen) atoms. The summed E-state index contributed by atoms with van der Waals surface area (Å²) in [5, 5.41) is 15.2. The van der Waals surface area contributed by atoms with E-state index in [4.69, 9.17) is 4.74 Å². The lowest BCUT2D eigenvalue weighted by Gasteiger charge is -2.24. The Labute approximate surface area is 197 Å². The van der Waals surface area contributed by atoms with Gasteiger partial charge in [0.05, 0.1) is 17.3 Å². The molecule has 1 aromatic carbocycles. The number of amides is 1. The van der Waals surface area contributed by atoms with Gasteiger partial charge in [0.1, 0.15) is 17.5 Å². The summed E-state index contributed by atoms with van der Waals surface area (Å²) in [6.07, 6.45) is 5.75. The zero-order valence-corrected chi connectivity index (χ0v) is 19.4. The summed E-state index contributed by atoms with van der Waals surface area (Å²) in [5.41, 5.74) is 3.49. The van der Waals surface area contributed by atoms with E-state index in [1.165, 1.54) is 0 Å². The van der Waals surface area contributed by atoms with Crippen molar-refractivity contribution in [1.82, 2.24) is 19.9 Å². The number of benzene rings is 1. The zero-order valence-electron chi connectivity index (χ0n) is 19.4. The quantitative estimate of drug-likeness (QED) is 0.447. The number of anilines is 1. The van der Waals surface area contributed by atoms with Crippen molar-refractivity contribution in [3.05, 3.63) is 54.5 Å². The summed E-state index contributed by atoms with van der Waals surface area (Å²) in [6.45, 7) is 6.76. The Morgan fingerprint density at radius 3 is 2.85 bits per heavy atom. The normalized spacial score (nSPS) is 16.1. The van der Waals surface area contributed by atoms with E-state index in [1.807, 2.05) is 57.3 Å². The predicted molar refractivity (Wildman–Crippen MR) is 131 cm³/mol. The Balaban J connectivity index is 1.47. The van der Waals surface area contributed by atoms with Crippen LogP contribution in [0.15, 0.2) is 48.9 Å². The number of carbonyl (C=O) groups excluding carboxylic acids is 1. The molecule has 8 heteroatoms. The molecular formula is C26H26N6O2. The van der Waals surface area contributed by atoms with Crippen LogP contribution >= 0.6 is 0 Å². The molecule has 3 aromatic heterocycles. The molecule has 1 aliphatic heterocycles. The van der Waals surface area contributed by atoms with Crippen LogP contribution in [-0.2, 0) is 4.74 Å². The molecular weight excluding hydrogens is 428 g/mol. The van der Waals surface area contributed by atoms with Gasteiger partial charge in [0.2, 0.25) is 0 Å². The van der Waals surface area contributed by atoms with E-state index in [9.17, 15) is 10.1 Å². The third kappa shape index (κ3) is 4.13. The van der Waals surface area contributed by atoms with Gasteiger partial charge in [-0.1, -0.05) is 18.2 Å². The fraction of sp³-hybridized carbons (Fsp3) is 0.308. The molecule has 172 valence electrons. The summed E-state index contributed by atoms with van der Waals surface area (Å²) < 4.78 is 5.50. The van der Waals surface area contributed by atoms with Gasteiger partial charge in [-0.2, -0.15) is 5.26 Å². The highest BCUT2D eigenvalue weighted by atomic mass is 16.6. The number of hydrogen-bond donors (Lipinski definition) is 2. The number of ether oxygens (including phenoxy) is 1. The number of H-pyrrole nitrogens is 1. The van der Waals surface area contributed by atoms with Gasteiger partial charge in [0, 0.05) is 58.9 Å². The highest BCUT2D eigenvalue weighted by Crippen LogP contribution is 2.36. The molecule has 5 rings (SSSR count). The number of fused-ring (bicyclic) bond motifs is 2. The van der Waals surface area contributed by atoms with E-state index in [0.29, 0.717) is 30.0 Å². The minimum Gasteiger partial charge on any atom is -0.444 e. The Morgan fingerprint density at radius 2 is 2.06 bits per heavy atom. The maximum atomic E-state index is 12.4. The maximum Gasteiger partial charge on any atom is 0.410 e. The lowest BCUT2D eigenvalue weighted by Crippen LogP contribution is -2.36. The van der Waals surface area contributed by atoms with Crippen molar-refractivity contribution in [2.75, 3.05) is 18.4 Å². The molecule has 0 bridgehead atoms. The molecule has 0 spiro atoms. The molecule has 0 saturated carbocycles. The number of rotatable bonds is 3. The number of likely N-dealkylation sites (tertiary alicyclic amines) is 1. The average Bonchev–Trinajstić information content (AvgIpc) is 3.44. The fourth-order valence-electron chi connectivity index (χ4n) is 4.41. The van der Waals surface area contributed by atoms with E-state index < -0.39 is 5.60 Å². The van der Waals surface area contributed by atoms with Gasteiger partial charge in [-0.25, -0.2) is 9.78 Å². The second-order valence-electron chi connectivity index (χ2n) is 9.55. The van der Waals surface area contributed by atoms with Gasteiger partial charge in [0.15, 0.2) is 0 Å². The molecule has 0 radical (unpaired) electrons. The Hall–Kier alpha value is -4.12. The summed E-state index contributed by atoms with van der Waals surface area (Å²) in [5.74, 6) is 0.682. The third-order valence-electron chi connectivity index (χ3n) is 5.93. The van der Waals surface area contributed by atoms with Crippen LogP contribution in [0, 0.1) is 11.3 Å². The topological polar surface area (TPSA) is 107 Å². The first-order valence-electron chi connectivity index (χ1n) is 11.3. The number of nitriles is 1. The van der Waals surface area contributed by atoms with Crippen LogP contribution in [0.1, 0.15) is 32.8 Å². The first kappa shape index (κ1) is 21.7. The zero-order chi connectivity index (χ0) is 23.9. The van der Waals surface area contributed by atoms with Crippen molar-refractivity contribution in [2.45, 2.75) is 38.8 Å². The smallest absolute Gasteiger partial charge is 0.410 e. The second kappa shape index (κ2) is 8.34. The average molecular weight is 455 g/mol. The maximum absolute atomic E-state index is 12.4. The minimum atomic E-state index is -0.521. The van der Waals surface area contributed by atoms with Crippen LogP contribution < -0.4 is 5.32 Å². The third-order valence-corrected chi connectivity index (χ3v) is 5.93. The number of aromatic nitrogens is 3. The Bertz CT molecular complexity index is 1430. The van der Waals surface area contributed by atoms with Crippen molar-refractivity contribution in [2.24, 2.45) is 0 Å². The van der Waals surface area contributed by atoms with E-state index in [0.717, 1.165) is 33.8 Å². The van der Waals surface area contributed by atoms with E-state index in [2.05, 4.69) is 26.3 Å². The van der Waals surface area contributed by atoms with E-state index >= 15 is 0 Å². The molecule has 0 aliphatic carbocycles. The number of para-hydroxylation sites is 1. The number of hydrogen-bond acceptors (Lipinski definition) is 6. The molecule has 0 unspecified atom stereocenters. The van der Waals surface area contributed by atoms with Gasteiger partial charge in [-0.05, 0) is 39.3 Å². The molecule has 4 aromatic rings. The van der Waals surface area contributed by atoms with Crippen LogP contribution in [0.4, 0.5) is 10.6 Å². The van der Waals surface area contributed by atoms with Crippen LogP contribution in [0.3, 0.4) is 0 Å². The van der Waals surface area contributed by atoms with E-state index in [-0.39, 0.29) is 12.1 Å². The van der Waals surface area contributed by atoms with Gasteiger partial charge >= 0.3 is 6.09 Å². The van der Waals surface area contributed by atoms with E-state index in [1.54, 1.807) is 17.3 Å². The predicted octanol–water partition coefficient (Wildman–Crippen LogP) is 5.07. The van der Waals surface area contributed by atoms with Crippen molar-refractivity contribution in [1.29, 1.82) is 5.26 Å². The SMILES string of the molecule is CC(C)(C)OC(=O)N1CC[C@@H](Nc2cc3c(-c4c[nH]c5ccccc45)c(C#N)cnc3cn2)C1. The molecule has 4 heterocycles. The standard InChI is InChI=1S/C26H26N6O2/c1-26(2,3)34-25(33)32-9-8-17(15-32)31-23-10-19-22(14-30-23)28-12-16(11-27)24(19)20-13-29-21-7-5-4-6-18(20)21/h4-7,10,12-14,17,29H,8-9,15H2,1-3H3,(H,30,31)/t17-/m1/s1. The van der Waals surface area contributed by atoms with Crippen molar-refractivity contribution < 1.29 is 9.53 Å². The fourth-order valence-corrected chi connectivity index (χ4v) is 4.41. The molecule has 1 fully saturated rings. The summed E-state index contributed by atoms with van der Waals surface area (Å²) in [6, 6.07) is 12.3. The number of aromatic amines is 1. The number of nitrogens with zero attached hydrogens (tertiary/aromatic N) is 4. The van der Waals surface area contributed by atoms with Crippen molar-refractivity contribution >= 4 is 33.7 Å². The Morgan fingerprint density at radius 1 is 1.24 bits per heavy atom. The molecule has 1 amide bonds. The van der Waals surface area contributed by atoms with Crippen molar-refractivity contribution in [3.63, 3.8) is 0 Å². The molecule has 1 aliphatic rings. The van der Waals surface area contributed by atoms with Gasteiger partial charge in [-0.15, -0.1) is 0 Å². The summed E-state index contributed by atoms with van der Waals surface area (Å²) in [4.78, 5) is 26.4.